The summed E-state index contributed by atoms with van der Waals surface area (Å²) in [5, 5.41) is 15.4. The molecule has 0 heterocycles. The SMILES string of the molecule is N#C/C=C/C#N.O. The highest BCUT2D eigenvalue weighted by atomic mass is 16.0. The van der Waals surface area contributed by atoms with Crippen molar-refractivity contribution in [2.75, 3.05) is 0 Å². The molecule has 36 valence electrons. The fourth-order valence-electron chi connectivity index (χ4n) is 0.0745. The molecule has 0 rings (SSSR count). The molecular formula is C4H4N2O. The van der Waals surface area contributed by atoms with Crippen LogP contribution in [-0.2, 0) is 0 Å². The Morgan fingerprint density at radius 2 is 1.29 bits per heavy atom. The van der Waals surface area contributed by atoms with Crippen LogP contribution in [0.3, 0.4) is 0 Å². The predicted octanol–water partition coefficient (Wildman–Crippen LogP) is -0.235. The second kappa shape index (κ2) is 8.82. The second-order valence-electron chi connectivity index (χ2n) is 0.592. The molecular weight excluding hydrogens is 92.1 g/mol. The van der Waals surface area contributed by atoms with E-state index >= 15 is 0 Å². The predicted molar refractivity (Wildman–Crippen MR) is 24.0 cm³/mol. The third kappa shape index (κ3) is 11.9. The van der Waals surface area contributed by atoms with Crippen molar-refractivity contribution in [3.8, 4) is 12.1 Å². The van der Waals surface area contributed by atoms with Crippen molar-refractivity contribution in [3.63, 3.8) is 0 Å². The zero-order valence-corrected chi connectivity index (χ0v) is 3.55. The number of allylic oxidation sites excluding steroid dienone is 2. The molecule has 3 heteroatoms. The Morgan fingerprint density at radius 3 is 1.43 bits per heavy atom. The maximum absolute atomic E-state index is 7.71. The van der Waals surface area contributed by atoms with E-state index in [1.165, 1.54) is 0 Å². The van der Waals surface area contributed by atoms with Crippen LogP contribution in [0.2, 0.25) is 0 Å². The Bertz CT molecular complexity index is 110. The molecule has 0 saturated carbocycles. The lowest BCUT2D eigenvalue weighted by atomic mass is 10.6. The van der Waals surface area contributed by atoms with Crippen molar-refractivity contribution in [1.82, 2.24) is 0 Å². The average Bonchev–Trinajstić information content (AvgIpc) is 1.61. The zero-order chi connectivity index (χ0) is 4.83. The van der Waals surface area contributed by atoms with Gasteiger partial charge < -0.3 is 5.48 Å². The monoisotopic (exact) mass is 96.0 g/mol. The highest BCUT2D eigenvalue weighted by Crippen LogP contribution is 1.59. The highest BCUT2D eigenvalue weighted by molar-refractivity contribution is 5.11. The van der Waals surface area contributed by atoms with Crippen LogP contribution in [-0.4, -0.2) is 5.48 Å². The van der Waals surface area contributed by atoms with Crippen LogP contribution >= 0.6 is 0 Å². The molecule has 0 unspecified atom stereocenters. The minimum atomic E-state index is 0. The summed E-state index contributed by atoms with van der Waals surface area (Å²) in [6.45, 7) is 0. The number of nitriles is 2. The summed E-state index contributed by atoms with van der Waals surface area (Å²) in [4.78, 5) is 0. The molecule has 0 aliphatic rings. The first kappa shape index (κ1) is 9.19. The summed E-state index contributed by atoms with van der Waals surface area (Å²) in [7, 11) is 0. The van der Waals surface area contributed by atoms with Gasteiger partial charge in [-0.25, -0.2) is 0 Å². The lowest BCUT2D eigenvalue weighted by Gasteiger charge is -1.46. The summed E-state index contributed by atoms with van der Waals surface area (Å²) < 4.78 is 0. The van der Waals surface area contributed by atoms with Crippen LogP contribution in [0.4, 0.5) is 0 Å². The maximum atomic E-state index is 7.71. The van der Waals surface area contributed by atoms with Gasteiger partial charge in [0.2, 0.25) is 0 Å². The molecule has 0 aromatic heterocycles. The molecule has 0 aliphatic carbocycles. The van der Waals surface area contributed by atoms with Crippen molar-refractivity contribution < 1.29 is 5.48 Å². The van der Waals surface area contributed by atoms with E-state index in [2.05, 4.69) is 0 Å². The standard InChI is InChI=1S/C4H2N2.H2O/c5-3-1-2-4-6;/h1-2H;1H2/b2-1+;. The van der Waals surface area contributed by atoms with E-state index in [1.54, 1.807) is 12.1 Å². The highest BCUT2D eigenvalue weighted by Gasteiger charge is 1.54. The third-order valence-electron chi connectivity index (χ3n) is 0.232. The van der Waals surface area contributed by atoms with E-state index in [0.29, 0.717) is 0 Å². The third-order valence-corrected chi connectivity index (χ3v) is 0.232. The number of hydrogen-bond acceptors (Lipinski definition) is 2. The normalized spacial score (nSPS) is 6.00. The fraction of sp³-hybridized carbons (Fsp3) is 0. The van der Waals surface area contributed by atoms with Gasteiger partial charge in [0.05, 0.1) is 12.1 Å². The largest absolute Gasteiger partial charge is 0.412 e. The van der Waals surface area contributed by atoms with Gasteiger partial charge in [-0.05, 0) is 0 Å². The van der Waals surface area contributed by atoms with E-state index in [1.807, 2.05) is 0 Å². The summed E-state index contributed by atoms with van der Waals surface area (Å²) in [5.74, 6) is 0. The van der Waals surface area contributed by atoms with Gasteiger partial charge in [-0.2, -0.15) is 10.5 Å². The number of hydrogen-bond donors (Lipinski definition) is 0. The van der Waals surface area contributed by atoms with Crippen molar-refractivity contribution in [1.29, 1.82) is 10.5 Å². The topological polar surface area (TPSA) is 79.1 Å². The van der Waals surface area contributed by atoms with Crippen LogP contribution in [0, 0.1) is 22.7 Å². The molecule has 7 heavy (non-hydrogen) atoms. The molecule has 0 radical (unpaired) electrons. The van der Waals surface area contributed by atoms with Gasteiger partial charge >= 0.3 is 0 Å². The lowest BCUT2D eigenvalue weighted by molar-refractivity contribution is 0.824. The second-order valence-corrected chi connectivity index (χ2v) is 0.592. The summed E-state index contributed by atoms with van der Waals surface area (Å²) in [5.41, 5.74) is 0. The van der Waals surface area contributed by atoms with Gasteiger partial charge in [0.1, 0.15) is 0 Å². The minimum Gasteiger partial charge on any atom is -0.412 e. The van der Waals surface area contributed by atoms with Gasteiger partial charge in [-0.15, -0.1) is 0 Å². The Balaban J connectivity index is 0. The molecule has 0 spiro atoms. The molecule has 0 fully saturated rings. The average molecular weight is 96.1 g/mol. The van der Waals surface area contributed by atoms with Crippen LogP contribution in [0.25, 0.3) is 0 Å². The summed E-state index contributed by atoms with van der Waals surface area (Å²) >= 11 is 0. The molecule has 0 bridgehead atoms. The molecule has 0 atom stereocenters. The Morgan fingerprint density at radius 1 is 1.00 bits per heavy atom. The van der Waals surface area contributed by atoms with E-state index in [9.17, 15) is 0 Å². The first-order valence-electron chi connectivity index (χ1n) is 1.36. The summed E-state index contributed by atoms with van der Waals surface area (Å²) in [6.07, 6.45) is 2.25. The number of rotatable bonds is 0. The molecule has 0 aromatic rings. The zero-order valence-electron chi connectivity index (χ0n) is 3.55. The molecule has 0 saturated heterocycles. The van der Waals surface area contributed by atoms with Crippen LogP contribution in [0.15, 0.2) is 12.2 Å². The van der Waals surface area contributed by atoms with Crippen LogP contribution < -0.4 is 0 Å². The van der Waals surface area contributed by atoms with E-state index < -0.39 is 0 Å². The van der Waals surface area contributed by atoms with Gasteiger partial charge in [0.25, 0.3) is 0 Å². The lowest BCUT2D eigenvalue weighted by Crippen LogP contribution is -1.40. The Kier molecular flexibility index (Phi) is 11.6. The Labute approximate surface area is 41.4 Å². The van der Waals surface area contributed by atoms with Crippen molar-refractivity contribution in [2.45, 2.75) is 0 Å². The van der Waals surface area contributed by atoms with Crippen molar-refractivity contribution in [2.24, 2.45) is 0 Å². The first-order valence-corrected chi connectivity index (χ1v) is 1.36. The van der Waals surface area contributed by atoms with Gasteiger partial charge in [-0.3, -0.25) is 0 Å². The number of nitrogens with zero attached hydrogens (tertiary/aromatic N) is 2. The Hall–Kier alpha value is -1.32. The summed E-state index contributed by atoms with van der Waals surface area (Å²) in [6, 6.07) is 3.33. The quantitative estimate of drug-likeness (QED) is 0.390. The molecule has 0 aromatic carbocycles. The fourth-order valence-corrected chi connectivity index (χ4v) is 0.0745. The first-order chi connectivity index (χ1) is 2.91. The van der Waals surface area contributed by atoms with Crippen LogP contribution in [0.1, 0.15) is 0 Å². The van der Waals surface area contributed by atoms with Crippen molar-refractivity contribution >= 4 is 0 Å². The minimum absolute atomic E-state index is 0. The molecule has 0 amide bonds. The maximum Gasteiger partial charge on any atom is 0.0919 e. The molecule has 2 N–H and O–H groups in total. The van der Waals surface area contributed by atoms with E-state index in [0.717, 1.165) is 12.2 Å². The van der Waals surface area contributed by atoms with Gasteiger partial charge in [0.15, 0.2) is 0 Å². The van der Waals surface area contributed by atoms with Gasteiger partial charge in [-0.1, -0.05) is 0 Å². The van der Waals surface area contributed by atoms with E-state index in [4.69, 9.17) is 10.5 Å². The molecule has 0 aliphatic heterocycles. The van der Waals surface area contributed by atoms with Gasteiger partial charge in [0, 0.05) is 12.2 Å². The van der Waals surface area contributed by atoms with Crippen LogP contribution in [0.5, 0.6) is 0 Å². The van der Waals surface area contributed by atoms with E-state index in [-0.39, 0.29) is 5.48 Å². The van der Waals surface area contributed by atoms with Crippen molar-refractivity contribution in [3.05, 3.63) is 12.2 Å². The molecule has 3 nitrogen and oxygen atoms in total. The smallest absolute Gasteiger partial charge is 0.0919 e.